The van der Waals surface area contributed by atoms with E-state index < -0.39 is 15.8 Å². The van der Waals surface area contributed by atoms with Crippen molar-refractivity contribution in [2.45, 2.75) is 18.9 Å². The second-order valence-corrected chi connectivity index (χ2v) is 11.6. The number of sulfonamides is 1. The van der Waals surface area contributed by atoms with E-state index in [9.17, 15) is 18.1 Å². The average molecular weight is 524 g/mol. The SMILES string of the molecule is N#Cc1cc(-c2cc(NC3CCN(S(=O)(=O)CCN4CCOCC4)CC3)c3cnccc3c2)ccc1F. The molecule has 194 valence electrons. The monoisotopic (exact) mass is 523 g/mol. The van der Waals surface area contributed by atoms with Gasteiger partial charge in [0.15, 0.2) is 0 Å². The first-order chi connectivity index (χ1) is 17.9. The van der Waals surface area contributed by atoms with Crippen LogP contribution < -0.4 is 5.32 Å². The van der Waals surface area contributed by atoms with Crippen LogP contribution in [0.2, 0.25) is 0 Å². The molecule has 0 saturated carbocycles. The number of rotatable bonds is 7. The van der Waals surface area contributed by atoms with E-state index >= 15 is 0 Å². The Balaban J connectivity index is 1.29. The predicted octanol–water partition coefficient (Wildman–Crippen LogP) is 3.45. The van der Waals surface area contributed by atoms with E-state index in [-0.39, 0.29) is 17.4 Å². The summed E-state index contributed by atoms with van der Waals surface area (Å²) >= 11 is 0. The fourth-order valence-corrected chi connectivity index (χ4v) is 6.49. The zero-order chi connectivity index (χ0) is 25.8. The summed E-state index contributed by atoms with van der Waals surface area (Å²) < 4.78 is 46.7. The lowest BCUT2D eigenvalue weighted by molar-refractivity contribution is 0.0407. The molecule has 2 saturated heterocycles. The molecule has 5 rings (SSSR count). The number of halogens is 1. The van der Waals surface area contributed by atoms with Gasteiger partial charge < -0.3 is 10.1 Å². The molecule has 3 heterocycles. The molecule has 37 heavy (non-hydrogen) atoms. The molecule has 3 aromatic rings. The third-order valence-electron chi connectivity index (χ3n) is 7.15. The number of nitrogens with zero attached hydrogens (tertiary/aromatic N) is 4. The number of hydrogen-bond acceptors (Lipinski definition) is 7. The second kappa shape index (κ2) is 11.1. The lowest BCUT2D eigenvalue weighted by Gasteiger charge is -2.33. The van der Waals surface area contributed by atoms with Crippen LogP contribution in [0.5, 0.6) is 0 Å². The van der Waals surface area contributed by atoms with Crippen molar-refractivity contribution in [3.8, 4) is 17.2 Å². The quantitative estimate of drug-likeness (QED) is 0.507. The highest BCUT2D eigenvalue weighted by atomic mass is 32.2. The average Bonchev–Trinajstić information content (AvgIpc) is 2.93. The van der Waals surface area contributed by atoms with Crippen molar-refractivity contribution in [2.75, 3.05) is 57.0 Å². The molecule has 0 radical (unpaired) electrons. The number of nitrogens with one attached hydrogen (secondary N) is 1. The Morgan fingerprint density at radius 1 is 1.08 bits per heavy atom. The van der Waals surface area contributed by atoms with Crippen molar-refractivity contribution in [1.29, 1.82) is 5.26 Å². The number of anilines is 1. The third-order valence-corrected chi connectivity index (χ3v) is 9.00. The lowest BCUT2D eigenvalue weighted by atomic mass is 9.98. The maximum Gasteiger partial charge on any atom is 0.215 e. The lowest BCUT2D eigenvalue weighted by Crippen LogP contribution is -2.46. The molecule has 0 amide bonds. The first-order valence-corrected chi connectivity index (χ1v) is 14.2. The van der Waals surface area contributed by atoms with E-state index in [1.54, 1.807) is 28.8 Å². The Kier molecular flexibility index (Phi) is 7.67. The minimum atomic E-state index is -3.31. The van der Waals surface area contributed by atoms with Crippen LogP contribution in [-0.2, 0) is 14.8 Å². The Bertz CT molecular complexity index is 1410. The zero-order valence-corrected chi connectivity index (χ0v) is 21.4. The summed E-state index contributed by atoms with van der Waals surface area (Å²) in [6.07, 6.45) is 4.91. The van der Waals surface area contributed by atoms with Gasteiger partial charge in [-0.3, -0.25) is 9.88 Å². The molecular formula is C27H30FN5O3S. The molecule has 1 N–H and O–H groups in total. The van der Waals surface area contributed by atoms with Crippen molar-refractivity contribution in [3.05, 3.63) is 60.2 Å². The standard InChI is InChI=1S/C27H30FN5O3S/c28-26-2-1-20(15-23(26)18-29)22-16-21-3-6-30-19-25(21)27(17-22)31-24-4-7-33(8-5-24)37(34,35)14-11-32-9-12-36-13-10-32/h1-3,6,15-17,19,24,31H,4-5,7-14H2. The van der Waals surface area contributed by atoms with Crippen LogP contribution in [-0.4, -0.2) is 80.3 Å². The van der Waals surface area contributed by atoms with Crippen LogP contribution in [0.4, 0.5) is 10.1 Å². The molecule has 2 aromatic carbocycles. The van der Waals surface area contributed by atoms with E-state index in [0.717, 1.165) is 40.7 Å². The van der Waals surface area contributed by atoms with Crippen LogP contribution in [0.15, 0.2) is 48.8 Å². The van der Waals surface area contributed by atoms with Gasteiger partial charge in [-0.05, 0) is 59.7 Å². The van der Waals surface area contributed by atoms with Gasteiger partial charge in [0.1, 0.15) is 11.9 Å². The van der Waals surface area contributed by atoms with E-state index in [2.05, 4.69) is 15.2 Å². The normalized spacial score (nSPS) is 18.1. The Morgan fingerprint density at radius 3 is 2.62 bits per heavy atom. The maximum atomic E-state index is 13.9. The minimum absolute atomic E-state index is 0.00374. The fraction of sp³-hybridized carbons (Fsp3) is 0.407. The topological polar surface area (TPSA) is 98.6 Å². The van der Waals surface area contributed by atoms with Crippen molar-refractivity contribution < 1.29 is 17.5 Å². The minimum Gasteiger partial charge on any atom is -0.382 e. The van der Waals surface area contributed by atoms with E-state index in [4.69, 9.17) is 4.74 Å². The highest BCUT2D eigenvalue weighted by molar-refractivity contribution is 7.89. The number of nitriles is 1. The summed E-state index contributed by atoms with van der Waals surface area (Å²) in [5.41, 5.74) is 2.50. The molecule has 2 aliphatic rings. The van der Waals surface area contributed by atoms with Crippen LogP contribution >= 0.6 is 0 Å². The van der Waals surface area contributed by atoms with E-state index in [1.165, 1.54) is 6.07 Å². The number of benzene rings is 2. The zero-order valence-electron chi connectivity index (χ0n) is 20.6. The number of fused-ring (bicyclic) bond motifs is 1. The Morgan fingerprint density at radius 2 is 1.86 bits per heavy atom. The van der Waals surface area contributed by atoms with Crippen LogP contribution in [0.1, 0.15) is 18.4 Å². The van der Waals surface area contributed by atoms with Crippen molar-refractivity contribution in [3.63, 3.8) is 0 Å². The first-order valence-electron chi connectivity index (χ1n) is 12.6. The van der Waals surface area contributed by atoms with Crippen LogP contribution in [0.25, 0.3) is 21.9 Å². The Hall–Kier alpha value is -3.10. The molecule has 8 nitrogen and oxygen atoms in total. The Labute approximate surface area is 216 Å². The molecular weight excluding hydrogens is 493 g/mol. The van der Waals surface area contributed by atoms with Crippen molar-refractivity contribution in [2.24, 2.45) is 0 Å². The van der Waals surface area contributed by atoms with Gasteiger partial charge in [0.2, 0.25) is 10.0 Å². The molecule has 2 fully saturated rings. The second-order valence-electron chi connectivity index (χ2n) is 9.51. The highest BCUT2D eigenvalue weighted by Gasteiger charge is 2.29. The number of pyridine rings is 1. The molecule has 0 bridgehead atoms. The molecule has 2 aliphatic heterocycles. The highest BCUT2D eigenvalue weighted by Crippen LogP contribution is 2.33. The fourth-order valence-electron chi connectivity index (χ4n) is 4.97. The van der Waals surface area contributed by atoms with E-state index in [1.807, 2.05) is 24.3 Å². The number of hydrogen-bond donors (Lipinski definition) is 1. The smallest absolute Gasteiger partial charge is 0.215 e. The van der Waals surface area contributed by atoms with Crippen LogP contribution in [0, 0.1) is 17.1 Å². The molecule has 10 heteroatoms. The maximum absolute atomic E-state index is 13.9. The summed E-state index contributed by atoms with van der Waals surface area (Å²) in [5, 5.41) is 14.8. The largest absolute Gasteiger partial charge is 0.382 e. The van der Waals surface area contributed by atoms with Gasteiger partial charge in [-0.25, -0.2) is 17.1 Å². The number of ether oxygens (including phenoxy) is 1. The molecule has 0 unspecified atom stereocenters. The van der Waals surface area contributed by atoms with Crippen LogP contribution in [0.3, 0.4) is 0 Å². The van der Waals surface area contributed by atoms with Gasteiger partial charge >= 0.3 is 0 Å². The number of aromatic nitrogens is 1. The van der Waals surface area contributed by atoms with Gasteiger partial charge in [-0.15, -0.1) is 0 Å². The van der Waals surface area contributed by atoms with Gasteiger partial charge in [0.25, 0.3) is 0 Å². The molecule has 0 aliphatic carbocycles. The number of morpholine rings is 1. The van der Waals surface area contributed by atoms with E-state index in [0.29, 0.717) is 45.7 Å². The summed E-state index contributed by atoms with van der Waals surface area (Å²) in [4.78, 5) is 6.42. The predicted molar refractivity (Wildman–Crippen MR) is 141 cm³/mol. The van der Waals surface area contributed by atoms with Gasteiger partial charge in [0, 0.05) is 62.2 Å². The number of piperidine rings is 1. The summed E-state index contributed by atoms with van der Waals surface area (Å²) in [5.74, 6) is -0.410. The van der Waals surface area contributed by atoms with Gasteiger partial charge in [-0.2, -0.15) is 5.26 Å². The first kappa shape index (κ1) is 25.5. The summed E-state index contributed by atoms with van der Waals surface area (Å²) in [6.45, 7) is 4.35. The molecule has 0 spiro atoms. The van der Waals surface area contributed by atoms with Gasteiger partial charge in [0.05, 0.1) is 24.5 Å². The molecule has 0 atom stereocenters. The van der Waals surface area contributed by atoms with Crippen molar-refractivity contribution >= 4 is 26.5 Å². The summed E-state index contributed by atoms with van der Waals surface area (Å²) in [6, 6.07) is 12.5. The van der Waals surface area contributed by atoms with Crippen molar-refractivity contribution in [1.82, 2.24) is 14.2 Å². The van der Waals surface area contributed by atoms with Gasteiger partial charge in [-0.1, -0.05) is 6.07 Å². The summed E-state index contributed by atoms with van der Waals surface area (Å²) in [7, 11) is -3.31. The molecule has 1 aromatic heterocycles. The third kappa shape index (κ3) is 5.91.